The minimum atomic E-state index is 0.0339. The Balaban J connectivity index is 1.47. The summed E-state index contributed by atoms with van der Waals surface area (Å²) in [6, 6.07) is 8.34. The van der Waals surface area contributed by atoms with E-state index in [4.69, 9.17) is 4.74 Å². The Bertz CT molecular complexity index is 534. The van der Waals surface area contributed by atoms with Gasteiger partial charge in [0.25, 0.3) is 5.91 Å². The molecule has 1 atom stereocenters. The first kappa shape index (κ1) is 22.9. The minimum Gasteiger partial charge on any atom is -0.381 e. The van der Waals surface area contributed by atoms with Gasteiger partial charge in [0.05, 0.1) is 0 Å². The summed E-state index contributed by atoms with van der Waals surface area (Å²) >= 11 is 0. The highest BCUT2D eigenvalue weighted by Crippen LogP contribution is 2.23. The maximum Gasteiger partial charge on any atom is 0.251 e. The van der Waals surface area contributed by atoms with Crippen molar-refractivity contribution in [3.8, 4) is 0 Å². The fourth-order valence-electron chi connectivity index (χ4n) is 3.90. The van der Waals surface area contributed by atoms with Gasteiger partial charge in [-0.3, -0.25) is 4.79 Å². The van der Waals surface area contributed by atoms with Gasteiger partial charge >= 0.3 is 0 Å². The van der Waals surface area contributed by atoms with E-state index < -0.39 is 0 Å². The summed E-state index contributed by atoms with van der Waals surface area (Å²) in [5, 5.41) is 3.02. The molecule has 0 saturated heterocycles. The molecule has 28 heavy (non-hydrogen) atoms. The van der Waals surface area contributed by atoms with Crippen LogP contribution in [-0.4, -0.2) is 25.2 Å². The van der Waals surface area contributed by atoms with Crippen molar-refractivity contribution in [2.24, 2.45) is 5.92 Å². The van der Waals surface area contributed by atoms with Gasteiger partial charge < -0.3 is 10.1 Å². The van der Waals surface area contributed by atoms with Crippen molar-refractivity contribution in [3.63, 3.8) is 0 Å². The van der Waals surface area contributed by atoms with E-state index in [-0.39, 0.29) is 11.9 Å². The van der Waals surface area contributed by atoms with Gasteiger partial charge in [-0.2, -0.15) is 0 Å². The first-order valence-corrected chi connectivity index (χ1v) is 11.7. The predicted molar refractivity (Wildman–Crippen MR) is 118 cm³/mol. The lowest BCUT2D eigenvalue weighted by atomic mass is 9.90. The SMILES string of the molecule is CCC(C)NC(=O)c1ccc(CCCCCCCOCC2CCCCC2)cc1. The summed E-state index contributed by atoms with van der Waals surface area (Å²) in [5.74, 6) is 0.868. The van der Waals surface area contributed by atoms with E-state index in [2.05, 4.69) is 24.4 Å². The summed E-state index contributed by atoms with van der Waals surface area (Å²) in [7, 11) is 0. The van der Waals surface area contributed by atoms with Gasteiger partial charge in [0.2, 0.25) is 0 Å². The summed E-state index contributed by atoms with van der Waals surface area (Å²) in [6.07, 6.45) is 15.3. The lowest BCUT2D eigenvalue weighted by Crippen LogP contribution is -2.31. The third-order valence-corrected chi connectivity index (χ3v) is 6.04. The Morgan fingerprint density at radius 1 is 1.04 bits per heavy atom. The lowest BCUT2D eigenvalue weighted by Gasteiger charge is -2.21. The van der Waals surface area contributed by atoms with E-state index in [1.807, 2.05) is 19.1 Å². The van der Waals surface area contributed by atoms with Crippen molar-refractivity contribution in [3.05, 3.63) is 35.4 Å². The second-order valence-electron chi connectivity index (χ2n) is 8.58. The molecule has 3 nitrogen and oxygen atoms in total. The number of unbranched alkanes of at least 4 members (excludes halogenated alkanes) is 4. The number of rotatable bonds is 13. The van der Waals surface area contributed by atoms with Crippen LogP contribution in [0.3, 0.4) is 0 Å². The largest absolute Gasteiger partial charge is 0.381 e. The highest BCUT2D eigenvalue weighted by molar-refractivity contribution is 5.94. The molecule has 1 aromatic carbocycles. The summed E-state index contributed by atoms with van der Waals surface area (Å²) in [6.45, 7) is 6.05. The average molecular weight is 388 g/mol. The van der Waals surface area contributed by atoms with Crippen LogP contribution in [0.15, 0.2) is 24.3 Å². The molecule has 0 radical (unpaired) electrons. The maximum absolute atomic E-state index is 12.1. The Labute approximate surface area is 172 Å². The van der Waals surface area contributed by atoms with Crippen molar-refractivity contribution >= 4 is 5.91 Å². The normalized spacial score (nSPS) is 16.1. The average Bonchev–Trinajstić information content (AvgIpc) is 2.73. The molecule has 0 spiro atoms. The fraction of sp³-hybridized carbons (Fsp3) is 0.720. The zero-order chi connectivity index (χ0) is 20.0. The number of carbonyl (C=O) groups excluding carboxylic acids is 1. The lowest BCUT2D eigenvalue weighted by molar-refractivity contribution is 0.0824. The Kier molecular flexibility index (Phi) is 11.3. The number of carbonyl (C=O) groups is 1. The van der Waals surface area contributed by atoms with Crippen molar-refractivity contribution in [1.29, 1.82) is 0 Å². The first-order valence-electron chi connectivity index (χ1n) is 11.7. The summed E-state index contributed by atoms with van der Waals surface area (Å²) in [5.41, 5.74) is 2.09. The molecule has 1 fully saturated rings. The maximum atomic E-state index is 12.1. The minimum absolute atomic E-state index is 0.0339. The molecule has 158 valence electrons. The molecule has 1 unspecified atom stereocenters. The second-order valence-corrected chi connectivity index (χ2v) is 8.58. The number of ether oxygens (including phenoxy) is 1. The third-order valence-electron chi connectivity index (χ3n) is 6.04. The molecule has 0 bridgehead atoms. The molecular weight excluding hydrogens is 346 g/mol. The molecule has 1 aromatic rings. The number of nitrogens with one attached hydrogen (secondary N) is 1. The van der Waals surface area contributed by atoms with Crippen molar-refractivity contribution in [2.75, 3.05) is 13.2 Å². The molecule has 1 amide bonds. The number of amides is 1. The van der Waals surface area contributed by atoms with Crippen LogP contribution in [-0.2, 0) is 11.2 Å². The van der Waals surface area contributed by atoms with Gasteiger partial charge in [-0.05, 0) is 69.1 Å². The summed E-state index contributed by atoms with van der Waals surface area (Å²) < 4.78 is 5.88. The van der Waals surface area contributed by atoms with Crippen molar-refractivity contribution < 1.29 is 9.53 Å². The van der Waals surface area contributed by atoms with Crippen LogP contribution in [0.4, 0.5) is 0 Å². The molecule has 0 aromatic heterocycles. The number of hydrogen-bond acceptors (Lipinski definition) is 2. The van der Waals surface area contributed by atoms with Gasteiger partial charge in [0.15, 0.2) is 0 Å². The number of aryl methyl sites for hydroxylation is 1. The van der Waals surface area contributed by atoms with Crippen LogP contribution in [0, 0.1) is 5.92 Å². The van der Waals surface area contributed by atoms with Crippen molar-refractivity contribution in [1.82, 2.24) is 5.32 Å². The highest BCUT2D eigenvalue weighted by Gasteiger charge is 2.13. The van der Waals surface area contributed by atoms with E-state index in [1.165, 1.54) is 69.8 Å². The van der Waals surface area contributed by atoms with Crippen LogP contribution in [0.1, 0.15) is 100 Å². The quantitative estimate of drug-likeness (QED) is 0.403. The van der Waals surface area contributed by atoms with Crippen molar-refractivity contribution in [2.45, 2.75) is 96.9 Å². The Morgan fingerprint density at radius 2 is 1.71 bits per heavy atom. The standard InChI is InChI=1S/C25H41NO2/c1-3-21(2)26-25(27)24-17-15-22(16-18-24)12-8-5-4-6-11-19-28-20-23-13-9-7-10-14-23/h15-18,21,23H,3-14,19-20H2,1-2H3,(H,26,27). The van der Waals surface area contributed by atoms with Gasteiger partial charge in [-0.1, -0.05) is 57.6 Å². The molecule has 1 saturated carbocycles. The Morgan fingerprint density at radius 3 is 2.43 bits per heavy atom. The molecule has 1 aliphatic rings. The molecule has 2 rings (SSSR count). The van der Waals surface area contributed by atoms with Crippen LogP contribution < -0.4 is 5.32 Å². The van der Waals surface area contributed by atoms with E-state index in [1.54, 1.807) is 0 Å². The molecule has 1 aliphatic carbocycles. The molecular formula is C25H41NO2. The monoisotopic (exact) mass is 387 g/mol. The smallest absolute Gasteiger partial charge is 0.251 e. The fourth-order valence-corrected chi connectivity index (χ4v) is 3.90. The van der Waals surface area contributed by atoms with Gasteiger partial charge in [0, 0.05) is 24.8 Å². The summed E-state index contributed by atoms with van der Waals surface area (Å²) in [4.78, 5) is 12.1. The van der Waals surface area contributed by atoms with E-state index >= 15 is 0 Å². The van der Waals surface area contributed by atoms with Crippen LogP contribution in [0.25, 0.3) is 0 Å². The molecule has 3 heteroatoms. The third kappa shape index (κ3) is 9.23. The molecule has 1 N–H and O–H groups in total. The number of hydrogen-bond donors (Lipinski definition) is 1. The van der Waals surface area contributed by atoms with E-state index in [0.29, 0.717) is 0 Å². The highest BCUT2D eigenvalue weighted by atomic mass is 16.5. The van der Waals surface area contributed by atoms with Gasteiger partial charge in [-0.25, -0.2) is 0 Å². The van der Waals surface area contributed by atoms with Crippen LogP contribution in [0.2, 0.25) is 0 Å². The zero-order valence-corrected chi connectivity index (χ0v) is 18.2. The molecule has 0 heterocycles. The van der Waals surface area contributed by atoms with Gasteiger partial charge in [-0.15, -0.1) is 0 Å². The predicted octanol–water partition coefficient (Wildman–Crippen LogP) is 6.30. The van der Waals surface area contributed by atoms with E-state index in [0.717, 1.165) is 37.5 Å². The van der Waals surface area contributed by atoms with Crippen LogP contribution >= 0.6 is 0 Å². The Hall–Kier alpha value is -1.35. The van der Waals surface area contributed by atoms with Crippen LogP contribution in [0.5, 0.6) is 0 Å². The molecule has 0 aliphatic heterocycles. The second kappa shape index (κ2) is 13.8. The zero-order valence-electron chi connectivity index (χ0n) is 18.2. The van der Waals surface area contributed by atoms with E-state index in [9.17, 15) is 4.79 Å². The topological polar surface area (TPSA) is 38.3 Å². The van der Waals surface area contributed by atoms with Gasteiger partial charge in [0.1, 0.15) is 0 Å². The first-order chi connectivity index (χ1) is 13.7. The number of benzene rings is 1.